The number of hydrogen-bond acceptors (Lipinski definition) is 4. The van der Waals surface area contributed by atoms with Gasteiger partial charge in [0.2, 0.25) is 0 Å². The van der Waals surface area contributed by atoms with Crippen molar-refractivity contribution in [1.29, 1.82) is 0 Å². The van der Waals surface area contributed by atoms with Crippen molar-refractivity contribution >= 4 is 29.3 Å². The largest absolute Gasteiger partial charge is 0.490 e. The molecule has 1 fully saturated rings. The van der Waals surface area contributed by atoms with E-state index in [0.29, 0.717) is 43.1 Å². The maximum absolute atomic E-state index is 15.3. The minimum Gasteiger partial charge on any atom is -0.490 e. The topological polar surface area (TPSA) is 55.8 Å². The Hall–Kier alpha value is -1.83. The van der Waals surface area contributed by atoms with Crippen LogP contribution in [-0.2, 0) is 21.4 Å². The monoisotopic (exact) mass is 496 g/mol. The fraction of sp³-hybridized carbons (Fsp3) is 0.480. The van der Waals surface area contributed by atoms with Crippen LogP contribution in [0.25, 0.3) is 0 Å². The van der Waals surface area contributed by atoms with Crippen molar-refractivity contribution in [3.05, 3.63) is 64.2 Å². The maximum Gasteiger partial charge on any atom is 0.316 e. The molecule has 4 rings (SSSR count). The van der Waals surface area contributed by atoms with Crippen molar-refractivity contribution in [2.24, 2.45) is 5.92 Å². The van der Waals surface area contributed by atoms with Gasteiger partial charge in [-0.1, -0.05) is 30.7 Å². The summed E-state index contributed by atoms with van der Waals surface area (Å²) in [7, 11) is 0. The van der Waals surface area contributed by atoms with Gasteiger partial charge in [-0.25, -0.2) is 8.78 Å². The SMILES string of the molecule is CCC(SCC[C@@H]1OCC[C@@]2(Cc3ccc(Cl)cc3)c3c(F)ccc(F)c3OC[C@@H]12)C(=O)O. The van der Waals surface area contributed by atoms with E-state index in [-0.39, 0.29) is 29.9 Å². The summed E-state index contributed by atoms with van der Waals surface area (Å²) in [5.74, 6) is -1.47. The summed E-state index contributed by atoms with van der Waals surface area (Å²) in [5, 5.41) is 9.47. The van der Waals surface area contributed by atoms with Crippen LogP contribution in [0, 0.1) is 17.6 Å². The number of carbonyl (C=O) groups is 1. The molecule has 0 spiro atoms. The molecule has 2 aromatic rings. The lowest BCUT2D eigenvalue weighted by atomic mass is 9.60. The molecule has 0 radical (unpaired) electrons. The number of carboxylic acid groups (broad SMARTS) is 1. The molecule has 33 heavy (non-hydrogen) atoms. The second-order valence-corrected chi connectivity index (χ2v) is 10.4. The number of halogens is 3. The van der Waals surface area contributed by atoms with Gasteiger partial charge in [0.25, 0.3) is 0 Å². The van der Waals surface area contributed by atoms with Crippen LogP contribution in [-0.4, -0.2) is 41.4 Å². The Kier molecular flexibility index (Phi) is 7.51. The second-order valence-electron chi connectivity index (χ2n) is 8.66. The molecule has 0 aliphatic carbocycles. The second kappa shape index (κ2) is 10.2. The summed E-state index contributed by atoms with van der Waals surface area (Å²) < 4.78 is 41.9. The Bertz CT molecular complexity index is 1000. The smallest absolute Gasteiger partial charge is 0.316 e. The Labute approximate surface area is 201 Å². The van der Waals surface area contributed by atoms with Crippen LogP contribution in [0.2, 0.25) is 5.02 Å². The Morgan fingerprint density at radius 1 is 1.24 bits per heavy atom. The molecule has 1 N–H and O–H groups in total. The number of thioether (sulfide) groups is 1. The van der Waals surface area contributed by atoms with Crippen molar-refractivity contribution in [3.63, 3.8) is 0 Å². The molecule has 0 bridgehead atoms. The van der Waals surface area contributed by atoms with E-state index >= 15 is 4.39 Å². The summed E-state index contributed by atoms with van der Waals surface area (Å²) in [5.41, 5.74) is 0.567. The first-order valence-corrected chi connectivity index (χ1v) is 12.6. The van der Waals surface area contributed by atoms with Crippen LogP contribution in [0.4, 0.5) is 8.78 Å². The molecular formula is C25H27ClF2O4S. The fourth-order valence-corrected chi connectivity index (χ4v) is 6.34. The van der Waals surface area contributed by atoms with Crippen LogP contribution in [0.15, 0.2) is 36.4 Å². The number of hydrogen-bond donors (Lipinski definition) is 1. The first-order valence-electron chi connectivity index (χ1n) is 11.2. The average molecular weight is 497 g/mol. The van der Waals surface area contributed by atoms with Crippen molar-refractivity contribution in [2.45, 2.75) is 49.4 Å². The first-order chi connectivity index (χ1) is 15.9. The number of aliphatic carboxylic acids is 1. The highest BCUT2D eigenvalue weighted by Gasteiger charge is 2.53. The maximum atomic E-state index is 15.3. The van der Waals surface area contributed by atoms with Gasteiger partial charge in [0.15, 0.2) is 11.6 Å². The molecule has 4 nitrogen and oxygen atoms in total. The standard InChI is InChI=1S/C25H27ClF2O4S/c1-2-21(24(29)30)33-12-9-20-17-14-32-23-19(28)8-7-18(27)22(23)25(17,10-11-31-20)13-15-3-5-16(26)6-4-15/h3-8,17,20-21H,2,9-14H2,1H3,(H,29,30)/t17-,20-,21?,25-/m0/s1. The molecule has 2 aliphatic rings. The quantitative estimate of drug-likeness (QED) is 0.494. The van der Waals surface area contributed by atoms with E-state index in [2.05, 4.69) is 0 Å². The van der Waals surface area contributed by atoms with Gasteiger partial charge >= 0.3 is 5.97 Å². The van der Waals surface area contributed by atoms with Crippen molar-refractivity contribution < 1.29 is 28.2 Å². The summed E-state index contributed by atoms with van der Waals surface area (Å²) in [6.45, 7) is 2.47. The van der Waals surface area contributed by atoms with E-state index in [0.717, 1.165) is 11.6 Å². The Morgan fingerprint density at radius 2 is 1.97 bits per heavy atom. The van der Waals surface area contributed by atoms with Gasteiger partial charge in [0, 0.05) is 28.5 Å². The molecule has 178 valence electrons. The van der Waals surface area contributed by atoms with E-state index in [4.69, 9.17) is 21.1 Å². The fourth-order valence-electron chi connectivity index (χ4n) is 5.19. The summed E-state index contributed by atoms with van der Waals surface area (Å²) >= 11 is 7.45. The van der Waals surface area contributed by atoms with E-state index in [1.807, 2.05) is 19.1 Å². The van der Waals surface area contributed by atoms with E-state index < -0.39 is 28.3 Å². The number of fused-ring (bicyclic) bond motifs is 3. The highest BCUT2D eigenvalue weighted by Crippen LogP contribution is 2.53. The van der Waals surface area contributed by atoms with Crippen LogP contribution in [0.5, 0.6) is 5.75 Å². The zero-order valence-electron chi connectivity index (χ0n) is 18.4. The lowest BCUT2D eigenvalue weighted by Gasteiger charge is -2.51. The molecule has 0 amide bonds. The molecule has 2 aliphatic heterocycles. The number of carboxylic acids is 1. The molecule has 2 aromatic carbocycles. The van der Waals surface area contributed by atoms with Crippen LogP contribution >= 0.6 is 23.4 Å². The minimum atomic E-state index is -0.823. The number of rotatable bonds is 8. The highest BCUT2D eigenvalue weighted by atomic mass is 35.5. The predicted octanol–water partition coefficient (Wildman–Crippen LogP) is 5.88. The molecule has 1 saturated heterocycles. The zero-order valence-corrected chi connectivity index (χ0v) is 19.9. The van der Waals surface area contributed by atoms with Crippen molar-refractivity contribution in [3.8, 4) is 5.75 Å². The van der Waals surface area contributed by atoms with E-state index in [1.165, 1.54) is 17.8 Å². The lowest BCUT2D eigenvalue weighted by Crippen LogP contribution is -2.55. The zero-order chi connectivity index (χ0) is 23.6. The van der Waals surface area contributed by atoms with Crippen LogP contribution in [0.1, 0.15) is 37.3 Å². The Balaban J connectivity index is 1.67. The first kappa shape index (κ1) is 24.3. The highest BCUT2D eigenvalue weighted by molar-refractivity contribution is 8.00. The minimum absolute atomic E-state index is 0.00726. The van der Waals surface area contributed by atoms with Crippen LogP contribution < -0.4 is 4.74 Å². The van der Waals surface area contributed by atoms with Gasteiger partial charge in [-0.2, -0.15) is 0 Å². The van der Waals surface area contributed by atoms with Gasteiger partial charge in [-0.05, 0) is 61.3 Å². The molecule has 2 heterocycles. The molecule has 0 saturated carbocycles. The molecular weight excluding hydrogens is 470 g/mol. The molecule has 1 unspecified atom stereocenters. The molecule has 0 aromatic heterocycles. The number of ether oxygens (including phenoxy) is 2. The third-order valence-electron chi connectivity index (χ3n) is 6.80. The molecule has 8 heteroatoms. The molecule has 4 atom stereocenters. The van der Waals surface area contributed by atoms with E-state index in [9.17, 15) is 14.3 Å². The third-order valence-corrected chi connectivity index (χ3v) is 8.46. The van der Waals surface area contributed by atoms with Crippen molar-refractivity contribution in [1.82, 2.24) is 0 Å². The van der Waals surface area contributed by atoms with Gasteiger partial charge in [-0.15, -0.1) is 11.8 Å². The van der Waals surface area contributed by atoms with E-state index in [1.54, 1.807) is 12.1 Å². The predicted molar refractivity (Wildman–Crippen MR) is 125 cm³/mol. The van der Waals surface area contributed by atoms with Gasteiger partial charge in [-0.3, -0.25) is 4.79 Å². The van der Waals surface area contributed by atoms with Crippen LogP contribution in [0.3, 0.4) is 0 Å². The summed E-state index contributed by atoms with van der Waals surface area (Å²) in [4.78, 5) is 11.4. The third kappa shape index (κ3) is 4.86. The van der Waals surface area contributed by atoms with Crippen molar-refractivity contribution in [2.75, 3.05) is 19.0 Å². The summed E-state index contributed by atoms with van der Waals surface area (Å²) in [6.07, 6.45) is 1.94. The normalized spacial score (nSPS) is 25.0. The average Bonchev–Trinajstić information content (AvgIpc) is 2.80. The van der Waals surface area contributed by atoms with Gasteiger partial charge in [0.05, 0.1) is 12.7 Å². The van der Waals surface area contributed by atoms with Gasteiger partial charge in [0.1, 0.15) is 11.1 Å². The lowest BCUT2D eigenvalue weighted by molar-refractivity contribution is -0.136. The number of benzene rings is 2. The van der Waals surface area contributed by atoms with Gasteiger partial charge < -0.3 is 14.6 Å². The summed E-state index contributed by atoms with van der Waals surface area (Å²) in [6, 6.07) is 9.71. The Morgan fingerprint density at radius 3 is 2.67 bits per heavy atom.